The Morgan fingerprint density at radius 3 is 1.36 bits per heavy atom. The first-order valence-electron chi connectivity index (χ1n) is 16.0. The number of fused-ring (bicyclic) bond motifs is 20. The molecule has 8 aromatic rings. The van der Waals surface area contributed by atoms with Crippen LogP contribution in [0.2, 0.25) is 0 Å². The Kier molecular flexibility index (Phi) is 6.84. The summed E-state index contributed by atoms with van der Waals surface area (Å²) in [5.41, 5.74) is 8.40. The van der Waals surface area contributed by atoms with E-state index in [0.29, 0.717) is 51.6 Å². The van der Waals surface area contributed by atoms with E-state index in [-0.39, 0.29) is 17.1 Å². The van der Waals surface area contributed by atoms with Gasteiger partial charge in [0.05, 0.1) is 0 Å². The minimum absolute atomic E-state index is 0. The third kappa shape index (κ3) is 4.76. The number of hydrogen-bond acceptors (Lipinski definition) is 7. The molecule has 0 saturated heterocycles. The molecule has 10 heteroatoms. The van der Waals surface area contributed by atoms with Gasteiger partial charge in [0.15, 0.2) is 23.3 Å². The number of ether oxygens (including phenoxy) is 1. The van der Waals surface area contributed by atoms with Crippen molar-refractivity contribution in [2.45, 2.75) is 13.8 Å². The predicted octanol–water partition coefficient (Wildman–Crippen LogP) is 9.28. The summed E-state index contributed by atoms with van der Waals surface area (Å²) in [6, 6.07) is 36.3. The molecule has 2 aliphatic rings. The van der Waals surface area contributed by atoms with Crippen LogP contribution in [-0.4, -0.2) is 39.9 Å². The molecule has 243 valence electrons. The molecule has 5 aromatic carbocycles. The summed E-state index contributed by atoms with van der Waals surface area (Å²) in [4.78, 5) is 37.3. The van der Waals surface area contributed by atoms with E-state index in [1.807, 2.05) is 97.1 Å². The Balaban J connectivity index is 0.00000336. The van der Waals surface area contributed by atoms with Gasteiger partial charge in [-0.1, -0.05) is 90.5 Å². The molecule has 0 unspecified atom stereocenters. The molecule has 0 aliphatic carbocycles. The fourth-order valence-corrected chi connectivity index (χ4v) is 6.72. The Labute approximate surface area is 296 Å². The summed E-state index contributed by atoms with van der Waals surface area (Å²) in [6.07, 6.45) is 0. The van der Waals surface area contributed by atoms with Crippen molar-refractivity contribution in [3.8, 4) is 57.1 Å². The number of benzene rings is 5. The van der Waals surface area contributed by atoms with Crippen molar-refractivity contribution in [1.82, 2.24) is 39.9 Å². The fraction of sp³-hybridized carbons (Fsp3) is 0.0500. The largest absolute Gasteiger partial charge is 0.457 e. The SMILES string of the molecule is Cc1ccc(Oc2ccc3c4nc5nc(nc6[nH]c(nc7nc(nc([nH]4)c3c2)-c2ccccc2-7)c2ccccc62)-c2ccccc2-5)c(C)c1.[Cu]. The van der Waals surface area contributed by atoms with E-state index in [4.69, 9.17) is 34.6 Å². The zero-order valence-corrected chi connectivity index (χ0v) is 27.7. The minimum atomic E-state index is 0. The summed E-state index contributed by atoms with van der Waals surface area (Å²) < 4.78 is 6.40. The zero-order chi connectivity index (χ0) is 32.6. The molecule has 10 rings (SSSR count). The Bertz CT molecular complexity index is 2850. The molecule has 2 aliphatic heterocycles. The van der Waals surface area contributed by atoms with E-state index in [0.717, 1.165) is 55.1 Å². The predicted molar refractivity (Wildman–Crippen MR) is 192 cm³/mol. The molecule has 50 heavy (non-hydrogen) atoms. The second-order valence-corrected chi connectivity index (χ2v) is 12.3. The van der Waals surface area contributed by atoms with Crippen LogP contribution in [0, 0.1) is 13.8 Å². The summed E-state index contributed by atoms with van der Waals surface area (Å²) in [6.45, 7) is 4.13. The molecule has 8 bridgehead atoms. The van der Waals surface area contributed by atoms with Gasteiger partial charge in [0.2, 0.25) is 0 Å². The van der Waals surface area contributed by atoms with Gasteiger partial charge in [-0.25, -0.2) is 29.9 Å². The van der Waals surface area contributed by atoms with Crippen molar-refractivity contribution in [1.29, 1.82) is 0 Å². The normalized spacial score (nSPS) is 11.6. The maximum Gasteiger partial charge on any atom is 0.164 e. The molecule has 9 nitrogen and oxygen atoms in total. The Morgan fingerprint density at radius 1 is 0.440 bits per heavy atom. The molecule has 0 atom stereocenters. The zero-order valence-electron chi connectivity index (χ0n) is 26.8. The van der Waals surface area contributed by atoms with E-state index in [1.165, 1.54) is 5.56 Å². The molecule has 1 radical (unpaired) electrons. The quantitative estimate of drug-likeness (QED) is 0.173. The first kappa shape index (κ1) is 29.9. The number of H-pyrrole nitrogens is 2. The van der Waals surface area contributed by atoms with E-state index >= 15 is 0 Å². The summed E-state index contributed by atoms with van der Waals surface area (Å²) in [5, 5.41) is 3.60. The Morgan fingerprint density at radius 2 is 0.880 bits per heavy atom. The first-order valence-corrected chi connectivity index (χ1v) is 16.0. The van der Waals surface area contributed by atoms with Gasteiger partial charge in [-0.05, 0) is 43.7 Å². The number of rotatable bonds is 2. The van der Waals surface area contributed by atoms with E-state index < -0.39 is 0 Å². The number of aromatic amines is 2. The number of nitrogens with one attached hydrogen (secondary N) is 2. The monoisotopic (exact) mass is 697 g/mol. The van der Waals surface area contributed by atoms with Gasteiger partial charge in [0, 0.05) is 60.9 Å². The summed E-state index contributed by atoms with van der Waals surface area (Å²) >= 11 is 0. The van der Waals surface area contributed by atoms with Crippen LogP contribution in [0.5, 0.6) is 11.5 Å². The van der Waals surface area contributed by atoms with E-state index in [9.17, 15) is 0 Å². The van der Waals surface area contributed by atoms with E-state index in [1.54, 1.807) is 0 Å². The molecular formula is C40H26CuN8O. The van der Waals surface area contributed by atoms with E-state index in [2.05, 4.69) is 35.9 Å². The van der Waals surface area contributed by atoms with Gasteiger partial charge in [-0.2, -0.15) is 0 Å². The summed E-state index contributed by atoms with van der Waals surface area (Å²) in [5.74, 6) is 3.75. The van der Waals surface area contributed by atoms with Crippen LogP contribution in [0.4, 0.5) is 0 Å². The minimum Gasteiger partial charge on any atom is -0.457 e. The molecule has 3 aromatic heterocycles. The van der Waals surface area contributed by atoms with Gasteiger partial charge < -0.3 is 14.7 Å². The molecule has 0 saturated carbocycles. The van der Waals surface area contributed by atoms with Gasteiger partial charge in [0.1, 0.15) is 34.1 Å². The molecule has 0 amide bonds. The maximum atomic E-state index is 6.40. The number of nitrogens with zero attached hydrogens (tertiary/aromatic N) is 6. The van der Waals surface area contributed by atoms with Crippen LogP contribution in [0.25, 0.3) is 89.7 Å². The standard InChI is InChI=1S/C40H26N8O.Cu/c1-21-15-18-32(22(2)19-21)49-23-16-17-30-31(20-23)40-47-38-29-14-8-7-13-28(29)36(45-38)43-34-25-10-4-3-9-24(25)33(41-34)42-35-26-11-5-6-12-27(26)37(44-35)46-39(30)48-40;/h3-20H,1-2H3,(H2,41,42,43,44,45,46,47,48);. The van der Waals surface area contributed by atoms with Crippen LogP contribution < -0.4 is 4.74 Å². The molecule has 5 heterocycles. The van der Waals surface area contributed by atoms with Crippen molar-refractivity contribution >= 4 is 44.1 Å². The average molecular weight is 698 g/mol. The van der Waals surface area contributed by atoms with Crippen molar-refractivity contribution in [3.63, 3.8) is 0 Å². The molecular weight excluding hydrogens is 672 g/mol. The van der Waals surface area contributed by atoms with Crippen LogP contribution in [-0.2, 0) is 17.1 Å². The smallest absolute Gasteiger partial charge is 0.164 e. The van der Waals surface area contributed by atoms with Gasteiger partial charge >= 0.3 is 0 Å². The topological polar surface area (TPSA) is 118 Å². The van der Waals surface area contributed by atoms with Gasteiger partial charge in [-0.15, -0.1) is 0 Å². The van der Waals surface area contributed by atoms with Gasteiger partial charge in [-0.3, -0.25) is 0 Å². The Hall–Kier alpha value is -6.22. The maximum absolute atomic E-state index is 6.40. The number of hydrogen-bond donors (Lipinski definition) is 2. The molecule has 2 N–H and O–H groups in total. The van der Waals surface area contributed by atoms with Crippen molar-refractivity contribution in [3.05, 3.63) is 120 Å². The first-order chi connectivity index (χ1) is 24.1. The van der Waals surface area contributed by atoms with Crippen molar-refractivity contribution in [2.75, 3.05) is 0 Å². The van der Waals surface area contributed by atoms with Crippen molar-refractivity contribution < 1.29 is 21.8 Å². The van der Waals surface area contributed by atoms with Crippen LogP contribution in [0.1, 0.15) is 11.1 Å². The van der Waals surface area contributed by atoms with Crippen molar-refractivity contribution in [2.24, 2.45) is 0 Å². The van der Waals surface area contributed by atoms with Gasteiger partial charge in [0.25, 0.3) is 0 Å². The van der Waals surface area contributed by atoms with Crippen LogP contribution in [0.15, 0.2) is 109 Å². The summed E-state index contributed by atoms with van der Waals surface area (Å²) in [7, 11) is 0. The second-order valence-electron chi connectivity index (χ2n) is 12.3. The average Bonchev–Trinajstić information content (AvgIpc) is 3.85. The second kappa shape index (κ2) is 11.4. The van der Waals surface area contributed by atoms with Crippen LogP contribution >= 0.6 is 0 Å². The number of aryl methyl sites for hydroxylation is 2. The van der Waals surface area contributed by atoms with Crippen LogP contribution in [0.3, 0.4) is 0 Å². The fourth-order valence-electron chi connectivity index (χ4n) is 6.72. The number of aromatic nitrogens is 8. The third-order valence-corrected chi connectivity index (χ3v) is 9.08. The molecule has 0 spiro atoms. The molecule has 0 fully saturated rings. The third-order valence-electron chi connectivity index (χ3n) is 9.08.